The number of rotatable bonds is 1. The molecular weight excluding hydrogens is 78.0 g/mol. The maximum atomic E-state index is 8.23. The summed E-state index contributed by atoms with van der Waals surface area (Å²) in [4.78, 5) is 0. The number of aliphatic hydroxyl groups is 1. The SMILES string of the molecule is CC=[N+](C)CO. The third-order valence-electron chi connectivity index (χ3n) is 0.664. The second-order valence-corrected chi connectivity index (χ2v) is 1.16. The Hall–Kier alpha value is -0.370. The lowest BCUT2D eigenvalue weighted by Crippen LogP contribution is -2.05. The summed E-state index contributed by atoms with van der Waals surface area (Å²) in [5.74, 6) is 0. The average Bonchev–Trinajstić information content (AvgIpc) is 1.65. The van der Waals surface area contributed by atoms with E-state index in [1.165, 1.54) is 0 Å². The zero-order chi connectivity index (χ0) is 4.99. The van der Waals surface area contributed by atoms with Gasteiger partial charge in [0.1, 0.15) is 13.3 Å². The molecule has 0 heterocycles. The predicted octanol–water partition coefficient (Wildman–Crippen LogP) is -0.331. The largest absolute Gasteiger partial charge is 0.339 e. The summed E-state index contributed by atoms with van der Waals surface area (Å²) in [6.45, 7) is 1.98. The average molecular weight is 88.1 g/mol. The first-order chi connectivity index (χ1) is 2.81. The van der Waals surface area contributed by atoms with Crippen molar-refractivity contribution in [3.05, 3.63) is 0 Å². The quantitative estimate of drug-likeness (QED) is 0.265. The maximum absolute atomic E-state index is 8.23. The Morgan fingerprint density at radius 1 is 1.83 bits per heavy atom. The molecule has 0 bridgehead atoms. The highest BCUT2D eigenvalue weighted by molar-refractivity contribution is 5.46. The van der Waals surface area contributed by atoms with Crippen LogP contribution in [0.3, 0.4) is 0 Å². The summed E-state index contributed by atoms with van der Waals surface area (Å²) in [5.41, 5.74) is 0. The van der Waals surface area contributed by atoms with Crippen LogP contribution in [0.25, 0.3) is 0 Å². The van der Waals surface area contributed by atoms with Crippen molar-refractivity contribution in [2.45, 2.75) is 6.92 Å². The highest BCUT2D eigenvalue weighted by Crippen LogP contribution is 1.54. The molecule has 0 rings (SSSR count). The summed E-state index contributed by atoms with van der Waals surface area (Å²) in [6, 6.07) is 0. The topological polar surface area (TPSA) is 23.2 Å². The molecular formula is C4H10NO+. The van der Waals surface area contributed by atoms with E-state index < -0.39 is 0 Å². The van der Waals surface area contributed by atoms with Crippen molar-refractivity contribution in [2.75, 3.05) is 13.8 Å². The van der Waals surface area contributed by atoms with Gasteiger partial charge in [-0.1, -0.05) is 0 Å². The van der Waals surface area contributed by atoms with Crippen LogP contribution in [0.1, 0.15) is 6.92 Å². The minimum atomic E-state index is 0.108. The van der Waals surface area contributed by atoms with E-state index in [0.717, 1.165) is 0 Å². The smallest absolute Gasteiger partial charge is 0.244 e. The Morgan fingerprint density at radius 2 is 2.33 bits per heavy atom. The van der Waals surface area contributed by atoms with E-state index in [9.17, 15) is 0 Å². The Bertz CT molecular complexity index is 58.6. The van der Waals surface area contributed by atoms with E-state index in [0.29, 0.717) is 0 Å². The van der Waals surface area contributed by atoms with Crippen molar-refractivity contribution in [2.24, 2.45) is 0 Å². The van der Waals surface area contributed by atoms with Gasteiger partial charge < -0.3 is 5.11 Å². The van der Waals surface area contributed by atoms with Crippen molar-refractivity contribution < 1.29 is 9.68 Å². The van der Waals surface area contributed by atoms with Gasteiger partial charge in [-0.15, -0.1) is 0 Å². The predicted molar refractivity (Wildman–Crippen MR) is 25.0 cm³/mol. The van der Waals surface area contributed by atoms with Crippen molar-refractivity contribution in [1.29, 1.82) is 0 Å². The summed E-state index contributed by atoms with van der Waals surface area (Å²) in [5, 5.41) is 8.23. The monoisotopic (exact) mass is 88.1 g/mol. The third kappa shape index (κ3) is 1.91. The minimum Gasteiger partial charge on any atom is -0.339 e. The van der Waals surface area contributed by atoms with Gasteiger partial charge >= 0.3 is 0 Å². The van der Waals surface area contributed by atoms with Crippen molar-refractivity contribution in [1.82, 2.24) is 0 Å². The standard InChI is InChI=1S/C4H10NO/c1-3-5(2)4-6/h3,6H,4H2,1-2H3/q+1. The molecule has 0 saturated heterocycles. The minimum absolute atomic E-state index is 0.108. The van der Waals surface area contributed by atoms with Gasteiger partial charge in [0, 0.05) is 6.92 Å². The summed E-state index contributed by atoms with van der Waals surface area (Å²) >= 11 is 0. The van der Waals surface area contributed by atoms with E-state index in [-0.39, 0.29) is 6.73 Å². The van der Waals surface area contributed by atoms with E-state index in [4.69, 9.17) is 5.11 Å². The fraction of sp³-hybridized carbons (Fsp3) is 0.750. The van der Waals surface area contributed by atoms with Gasteiger partial charge in [0.25, 0.3) is 0 Å². The molecule has 6 heavy (non-hydrogen) atoms. The maximum Gasteiger partial charge on any atom is 0.244 e. The molecule has 2 heteroatoms. The van der Waals surface area contributed by atoms with E-state index in [2.05, 4.69) is 0 Å². The first-order valence-electron chi connectivity index (χ1n) is 1.92. The lowest BCUT2D eigenvalue weighted by molar-refractivity contribution is -0.532. The van der Waals surface area contributed by atoms with Gasteiger partial charge in [-0.25, -0.2) is 4.58 Å². The molecule has 0 aliphatic rings. The third-order valence-corrected chi connectivity index (χ3v) is 0.664. The second-order valence-electron chi connectivity index (χ2n) is 1.16. The van der Waals surface area contributed by atoms with Gasteiger partial charge in [0.05, 0.1) is 0 Å². The molecule has 0 aromatic carbocycles. The lowest BCUT2D eigenvalue weighted by Gasteiger charge is -1.81. The zero-order valence-electron chi connectivity index (χ0n) is 4.18. The molecule has 36 valence electrons. The fourth-order valence-electron chi connectivity index (χ4n) is 0.0816. The Balaban J connectivity index is 3.22. The first kappa shape index (κ1) is 5.63. The molecule has 0 atom stereocenters. The van der Waals surface area contributed by atoms with Crippen LogP contribution in [0, 0.1) is 0 Å². The molecule has 0 radical (unpaired) electrons. The number of hydrogen-bond donors (Lipinski definition) is 1. The van der Waals surface area contributed by atoms with Crippen LogP contribution in [-0.2, 0) is 0 Å². The molecule has 0 aromatic heterocycles. The van der Waals surface area contributed by atoms with Gasteiger partial charge in [-0.2, -0.15) is 0 Å². The van der Waals surface area contributed by atoms with Gasteiger partial charge in [0.15, 0.2) is 0 Å². The van der Waals surface area contributed by atoms with Crippen molar-refractivity contribution in [3.63, 3.8) is 0 Å². The van der Waals surface area contributed by atoms with Crippen LogP contribution >= 0.6 is 0 Å². The van der Waals surface area contributed by atoms with E-state index in [1.54, 1.807) is 17.8 Å². The zero-order valence-corrected chi connectivity index (χ0v) is 4.18. The Labute approximate surface area is 37.7 Å². The molecule has 0 saturated carbocycles. The van der Waals surface area contributed by atoms with Crippen LogP contribution in [0.2, 0.25) is 0 Å². The van der Waals surface area contributed by atoms with Crippen molar-refractivity contribution in [3.8, 4) is 0 Å². The highest BCUT2D eigenvalue weighted by Gasteiger charge is 1.79. The molecule has 0 aromatic rings. The molecule has 1 N–H and O–H groups in total. The van der Waals surface area contributed by atoms with Crippen LogP contribution < -0.4 is 0 Å². The van der Waals surface area contributed by atoms with E-state index >= 15 is 0 Å². The van der Waals surface area contributed by atoms with Crippen LogP contribution in [-0.4, -0.2) is 29.7 Å². The molecule has 0 amide bonds. The van der Waals surface area contributed by atoms with Gasteiger partial charge in [-0.05, 0) is 0 Å². The summed E-state index contributed by atoms with van der Waals surface area (Å²) in [7, 11) is 1.81. The van der Waals surface area contributed by atoms with Crippen LogP contribution in [0.15, 0.2) is 0 Å². The summed E-state index contributed by atoms with van der Waals surface area (Å²) < 4.78 is 1.68. The summed E-state index contributed by atoms with van der Waals surface area (Å²) in [6.07, 6.45) is 1.81. The number of hydrogen-bond acceptors (Lipinski definition) is 1. The highest BCUT2D eigenvalue weighted by atomic mass is 16.3. The molecule has 0 spiro atoms. The molecule has 0 fully saturated rings. The Morgan fingerprint density at radius 3 is 2.33 bits per heavy atom. The second kappa shape index (κ2) is 2.85. The molecule has 0 aliphatic heterocycles. The molecule has 0 unspecified atom stereocenters. The normalized spacial score (nSPS) is 12.2. The van der Waals surface area contributed by atoms with E-state index in [1.807, 2.05) is 6.92 Å². The number of nitrogens with zero attached hydrogens (tertiary/aromatic N) is 1. The van der Waals surface area contributed by atoms with Gasteiger partial charge in [-0.3, -0.25) is 0 Å². The molecule has 0 aliphatic carbocycles. The van der Waals surface area contributed by atoms with Crippen LogP contribution in [0.4, 0.5) is 0 Å². The lowest BCUT2D eigenvalue weighted by atomic mass is 10.8. The van der Waals surface area contributed by atoms with Crippen molar-refractivity contribution >= 4 is 6.21 Å². The first-order valence-corrected chi connectivity index (χ1v) is 1.92. The fourth-order valence-corrected chi connectivity index (χ4v) is 0.0816. The number of aliphatic hydroxyl groups excluding tert-OH is 1. The Kier molecular flexibility index (Phi) is 2.67. The molecule has 2 nitrogen and oxygen atoms in total. The van der Waals surface area contributed by atoms with Crippen LogP contribution in [0.5, 0.6) is 0 Å². The van der Waals surface area contributed by atoms with Gasteiger partial charge in [0.2, 0.25) is 6.73 Å².